The molecule has 0 unspecified atom stereocenters. The first kappa shape index (κ1) is 9.21. The molecule has 3 nitrogen and oxygen atoms in total. The molecule has 80 valence electrons. The Balaban J connectivity index is 2.62. The lowest BCUT2D eigenvalue weighted by molar-refractivity contribution is 0.466. The Kier molecular flexibility index (Phi) is 1.72. The van der Waals surface area contributed by atoms with Gasteiger partial charge in [-0.25, -0.2) is 4.79 Å². The van der Waals surface area contributed by atoms with Crippen molar-refractivity contribution in [3.8, 4) is 0 Å². The van der Waals surface area contributed by atoms with Crippen LogP contribution in [-0.2, 0) is 0 Å². The summed E-state index contributed by atoms with van der Waals surface area (Å²) in [5.41, 5.74) is 2.41. The predicted molar refractivity (Wildman–Crippen MR) is 61.7 cm³/mol. The third-order valence-electron chi connectivity index (χ3n) is 2.73. The molecule has 0 aliphatic heterocycles. The molecule has 0 radical (unpaired) electrons. The highest BCUT2D eigenvalue weighted by Gasteiger charge is 2.12. The van der Waals surface area contributed by atoms with E-state index in [1.54, 1.807) is 0 Å². The summed E-state index contributed by atoms with van der Waals surface area (Å²) in [6.45, 7) is 3.91. The second kappa shape index (κ2) is 2.98. The molecule has 0 saturated carbocycles. The van der Waals surface area contributed by atoms with Crippen LogP contribution < -0.4 is 5.63 Å². The van der Waals surface area contributed by atoms with Gasteiger partial charge in [0.25, 0.3) is 0 Å². The quantitative estimate of drug-likeness (QED) is 0.577. The van der Waals surface area contributed by atoms with Gasteiger partial charge in [0.1, 0.15) is 5.58 Å². The summed E-state index contributed by atoms with van der Waals surface area (Å²) in [4.78, 5) is 11.2. The van der Waals surface area contributed by atoms with Crippen LogP contribution in [0.15, 0.2) is 37.9 Å². The minimum atomic E-state index is -0.374. The van der Waals surface area contributed by atoms with E-state index in [0.29, 0.717) is 5.78 Å². The van der Waals surface area contributed by atoms with Gasteiger partial charge in [0.2, 0.25) is 0 Å². The van der Waals surface area contributed by atoms with Crippen molar-refractivity contribution in [3.63, 3.8) is 0 Å². The Bertz CT molecular complexity index is 747. The van der Waals surface area contributed by atoms with Crippen molar-refractivity contribution in [3.05, 3.63) is 45.8 Å². The minimum absolute atomic E-state index is 0.311. The summed E-state index contributed by atoms with van der Waals surface area (Å²) in [6, 6.07) is 7.38. The lowest BCUT2D eigenvalue weighted by atomic mass is 10.1. The van der Waals surface area contributed by atoms with Crippen LogP contribution in [-0.4, -0.2) is 0 Å². The fraction of sp³-hybridized carbons (Fsp3) is 0.154. The van der Waals surface area contributed by atoms with E-state index in [0.717, 1.165) is 27.5 Å². The molecule has 0 bridgehead atoms. The summed E-state index contributed by atoms with van der Waals surface area (Å²) in [7, 11) is 0. The van der Waals surface area contributed by atoms with Crippen LogP contribution >= 0.6 is 0 Å². The van der Waals surface area contributed by atoms with Crippen molar-refractivity contribution in [1.29, 1.82) is 0 Å². The molecule has 0 fully saturated rings. The summed E-state index contributed by atoms with van der Waals surface area (Å²) < 4.78 is 10.5. The number of benzene rings is 1. The van der Waals surface area contributed by atoms with Crippen LogP contribution in [0, 0.1) is 13.8 Å². The second-order valence-electron chi connectivity index (χ2n) is 4.01. The molecule has 0 aliphatic carbocycles. The van der Waals surface area contributed by atoms with E-state index < -0.39 is 0 Å². The van der Waals surface area contributed by atoms with Crippen molar-refractivity contribution in [2.24, 2.45) is 0 Å². The Morgan fingerprint density at radius 2 is 1.88 bits per heavy atom. The Morgan fingerprint density at radius 3 is 2.69 bits per heavy atom. The van der Waals surface area contributed by atoms with E-state index >= 15 is 0 Å². The number of hydrogen-bond acceptors (Lipinski definition) is 3. The third-order valence-corrected chi connectivity index (χ3v) is 2.73. The predicted octanol–water partition coefficient (Wildman–Crippen LogP) is 3.16. The van der Waals surface area contributed by atoms with Gasteiger partial charge in [-0.1, -0.05) is 11.6 Å². The average molecular weight is 214 g/mol. The van der Waals surface area contributed by atoms with Gasteiger partial charge < -0.3 is 8.83 Å². The molecule has 3 aromatic rings. The fourth-order valence-electron chi connectivity index (χ4n) is 2.00. The zero-order chi connectivity index (χ0) is 11.3. The van der Waals surface area contributed by atoms with Crippen LogP contribution in [0.3, 0.4) is 0 Å². The lowest BCUT2D eigenvalue weighted by Crippen LogP contribution is -1.96. The molecule has 1 aromatic carbocycles. The summed E-state index contributed by atoms with van der Waals surface area (Å²) >= 11 is 0. The lowest BCUT2D eigenvalue weighted by Gasteiger charge is -1.93. The van der Waals surface area contributed by atoms with Gasteiger partial charge in [0.05, 0.1) is 5.39 Å². The maximum absolute atomic E-state index is 11.2. The largest absolute Gasteiger partial charge is 0.425 e. The first-order valence-electron chi connectivity index (χ1n) is 5.09. The van der Waals surface area contributed by atoms with Gasteiger partial charge in [-0.3, -0.25) is 0 Å². The zero-order valence-corrected chi connectivity index (χ0v) is 9.03. The monoisotopic (exact) mass is 214 g/mol. The van der Waals surface area contributed by atoms with E-state index in [9.17, 15) is 4.79 Å². The first-order chi connectivity index (χ1) is 7.65. The maximum Gasteiger partial charge on any atom is 0.338 e. The molecule has 0 aliphatic rings. The highest BCUT2D eigenvalue weighted by molar-refractivity contribution is 6.04. The highest BCUT2D eigenvalue weighted by Crippen LogP contribution is 2.30. The van der Waals surface area contributed by atoms with Crippen LogP contribution in [0.2, 0.25) is 0 Å². The standard InChI is InChI=1S/C13H10O3/c1-7-3-4-10-9(5-7)12-8(2)6-11(14)16-13(12)15-10/h3-6H,1-2H3. The molecule has 16 heavy (non-hydrogen) atoms. The van der Waals surface area contributed by atoms with Gasteiger partial charge in [-0.2, -0.15) is 0 Å². The Hall–Kier alpha value is -2.03. The molecule has 3 heteroatoms. The molecular weight excluding hydrogens is 204 g/mol. The van der Waals surface area contributed by atoms with Crippen molar-refractivity contribution >= 4 is 22.1 Å². The van der Waals surface area contributed by atoms with Crippen LogP contribution in [0.5, 0.6) is 0 Å². The number of hydrogen-bond donors (Lipinski definition) is 0. The number of fused-ring (bicyclic) bond motifs is 3. The van der Waals surface area contributed by atoms with Gasteiger partial charge in [-0.05, 0) is 31.5 Å². The van der Waals surface area contributed by atoms with Gasteiger partial charge in [-0.15, -0.1) is 0 Å². The van der Waals surface area contributed by atoms with Gasteiger partial charge in [0.15, 0.2) is 0 Å². The molecule has 0 N–H and O–H groups in total. The molecule has 0 spiro atoms. The number of aryl methyl sites for hydroxylation is 2. The molecule has 2 heterocycles. The summed E-state index contributed by atoms with van der Waals surface area (Å²) in [5, 5.41) is 1.88. The third kappa shape index (κ3) is 1.18. The van der Waals surface area contributed by atoms with E-state index in [1.165, 1.54) is 6.07 Å². The maximum atomic E-state index is 11.2. The Labute approximate surface area is 91.3 Å². The van der Waals surface area contributed by atoms with Crippen molar-refractivity contribution < 1.29 is 8.83 Å². The zero-order valence-electron chi connectivity index (χ0n) is 9.03. The minimum Gasteiger partial charge on any atom is -0.425 e. The van der Waals surface area contributed by atoms with Crippen molar-refractivity contribution in [2.75, 3.05) is 0 Å². The molecule has 3 rings (SSSR count). The number of furan rings is 1. The summed E-state index contributed by atoms with van der Waals surface area (Å²) in [6.07, 6.45) is 0. The second-order valence-corrected chi connectivity index (χ2v) is 4.01. The topological polar surface area (TPSA) is 43.4 Å². The highest BCUT2D eigenvalue weighted by atomic mass is 16.5. The van der Waals surface area contributed by atoms with Crippen LogP contribution in [0.25, 0.3) is 22.1 Å². The van der Waals surface area contributed by atoms with Crippen molar-refractivity contribution in [1.82, 2.24) is 0 Å². The SMILES string of the molecule is Cc1ccc2oc3oc(=O)cc(C)c3c2c1. The summed E-state index contributed by atoms with van der Waals surface area (Å²) in [5.74, 6) is 0.311. The van der Waals surface area contributed by atoms with E-state index in [4.69, 9.17) is 8.83 Å². The molecule has 0 amide bonds. The molecule has 2 aromatic heterocycles. The van der Waals surface area contributed by atoms with E-state index in [1.807, 2.05) is 32.0 Å². The average Bonchev–Trinajstić information content (AvgIpc) is 2.54. The van der Waals surface area contributed by atoms with Crippen molar-refractivity contribution in [2.45, 2.75) is 13.8 Å². The molecule has 0 atom stereocenters. The normalized spacial score (nSPS) is 11.4. The molecule has 0 saturated heterocycles. The Morgan fingerprint density at radius 1 is 1.06 bits per heavy atom. The fourth-order valence-corrected chi connectivity index (χ4v) is 2.00. The van der Waals surface area contributed by atoms with Crippen LogP contribution in [0.4, 0.5) is 0 Å². The number of rotatable bonds is 0. The van der Waals surface area contributed by atoms with Gasteiger partial charge in [0, 0.05) is 11.5 Å². The van der Waals surface area contributed by atoms with Crippen LogP contribution in [0.1, 0.15) is 11.1 Å². The smallest absolute Gasteiger partial charge is 0.338 e. The van der Waals surface area contributed by atoms with E-state index in [-0.39, 0.29) is 5.63 Å². The first-order valence-corrected chi connectivity index (χ1v) is 5.09. The molecular formula is C13H10O3. The van der Waals surface area contributed by atoms with Gasteiger partial charge >= 0.3 is 11.4 Å². The van der Waals surface area contributed by atoms with E-state index in [2.05, 4.69) is 0 Å².